The number of nitrogen functional groups attached to an aromatic ring is 1. The number of ether oxygens (including phenoxy) is 1. The lowest BCUT2D eigenvalue weighted by atomic mass is 10.1. The maximum Gasteiger partial charge on any atom is 0.299 e. The molecule has 2 atom stereocenters. The van der Waals surface area contributed by atoms with Crippen molar-refractivity contribution in [3.8, 4) is 0 Å². The van der Waals surface area contributed by atoms with Gasteiger partial charge < -0.3 is 25.8 Å². The molecule has 174 valence electrons. The number of aliphatic hydroxyl groups is 1. The molecule has 2 heterocycles. The third-order valence-electron chi connectivity index (χ3n) is 5.24. The minimum absolute atomic E-state index is 0.0679. The predicted molar refractivity (Wildman–Crippen MR) is 120 cm³/mol. The number of amidine groups is 1. The minimum Gasteiger partial charge on any atom is -0.384 e. The van der Waals surface area contributed by atoms with Gasteiger partial charge in [0.1, 0.15) is 5.84 Å². The van der Waals surface area contributed by atoms with Gasteiger partial charge in [0, 0.05) is 30.0 Å². The van der Waals surface area contributed by atoms with E-state index in [1.54, 1.807) is 12.1 Å². The number of carbonyl (C=O) groups is 2. The highest BCUT2D eigenvalue weighted by molar-refractivity contribution is 7.90. The Morgan fingerprint density at radius 1 is 1.27 bits per heavy atom. The summed E-state index contributed by atoms with van der Waals surface area (Å²) in [6.45, 7) is 0.356. The summed E-state index contributed by atoms with van der Waals surface area (Å²) in [5, 5.41) is 20.4. The molecular formula is C20H22N6O6S. The number of nitrogens with one attached hydrogen (secondary N) is 4. The van der Waals surface area contributed by atoms with E-state index in [1.165, 1.54) is 35.2 Å². The van der Waals surface area contributed by atoms with Crippen LogP contribution in [0.2, 0.25) is 0 Å². The highest BCUT2D eigenvalue weighted by atomic mass is 32.2. The van der Waals surface area contributed by atoms with Gasteiger partial charge in [-0.15, -0.1) is 0 Å². The third kappa shape index (κ3) is 4.80. The zero-order valence-electron chi connectivity index (χ0n) is 17.2. The lowest BCUT2D eigenvalue weighted by molar-refractivity contribution is -0.150. The van der Waals surface area contributed by atoms with Crippen LogP contribution in [0.4, 0.5) is 17.1 Å². The van der Waals surface area contributed by atoms with Crippen LogP contribution in [0.3, 0.4) is 0 Å². The molecule has 0 spiro atoms. The molecule has 0 aromatic heterocycles. The number of rotatable bonds is 5. The van der Waals surface area contributed by atoms with Gasteiger partial charge in [-0.25, -0.2) is 0 Å². The summed E-state index contributed by atoms with van der Waals surface area (Å²) in [4.78, 5) is 26.9. The Morgan fingerprint density at radius 2 is 2.00 bits per heavy atom. The van der Waals surface area contributed by atoms with E-state index in [2.05, 4.69) is 14.8 Å². The Balaban J connectivity index is 1.48. The molecule has 2 aliphatic rings. The lowest BCUT2D eigenvalue weighted by Gasteiger charge is -2.34. The van der Waals surface area contributed by atoms with Crippen LogP contribution >= 0.6 is 0 Å². The molecule has 0 saturated carbocycles. The van der Waals surface area contributed by atoms with Crippen LogP contribution in [-0.2, 0) is 31.1 Å². The average molecular weight is 474 g/mol. The fourth-order valence-corrected chi connectivity index (χ4v) is 4.41. The first-order valence-corrected chi connectivity index (χ1v) is 11.4. The van der Waals surface area contributed by atoms with Crippen LogP contribution in [0.1, 0.15) is 11.1 Å². The van der Waals surface area contributed by atoms with E-state index in [-0.39, 0.29) is 25.5 Å². The molecule has 2 aliphatic heterocycles. The highest BCUT2D eigenvalue weighted by Crippen LogP contribution is 2.29. The van der Waals surface area contributed by atoms with Crippen molar-refractivity contribution in [2.75, 3.05) is 28.1 Å². The fourth-order valence-electron chi connectivity index (χ4n) is 3.51. The second-order valence-electron chi connectivity index (χ2n) is 7.47. The van der Waals surface area contributed by atoms with E-state index in [9.17, 15) is 23.1 Å². The molecule has 4 rings (SSSR count). The van der Waals surface area contributed by atoms with Gasteiger partial charge in [-0.05, 0) is 42.0 Å². The standard InChI is InChI=1S/C20H22N6O6S/c21-18(22)11-1-4-13(5-2-11)24-19(28)16(27)17-20(29)26(7-8-32-17)14-6-3-12-10-23-33(30,31)25-15(12)9-14/h1-6,9,16-17,23,25,27H,7-8,10H2,(H3,21,22)(H,24,28)/t16-,17?/m1/s1. The van der Waals surface area contributed by atoms with Crippen molar-refractivity contribution < 1.29 is 27.9 Å². The van der Waals surface area contributed by atoms with Crippen LogP contribution in [0.25, 0.3) is 0 Å². The van der Waals surface area contributed by atoms with Crippen molar-refractivity contribution in [3.63, 3.8) is 0 Å². The van der Waals surface area contributed by atoms with Crippen LogP contribution in [-0.4, -0.2) is 56.5 Å². The number of hydrogen-bond donors (Lipinski definition) is 6. The number of nitrogens with two attached hydrogens (primary N) is 1. The van der Waals surface area contributed by atoms with E-state index in [1.807, 2.05) is 0 Å². The van der Waals surface area contributed by atoms with E-state index in [0.29, 0.717) is 28.2 Å². The van der Waals surface area contributed by atoms with Gasteiger partial charge in [0.15, 0.2) is 12.2 Å². The second-order valence-corrected chi connectivity index (χ2v) is 8.97. The van der Waals surface area contributed by atoms with Crippen LogP contribution in [0, 0.1) is 5.41 Å². The number of nitrogens with zero attached hydrogens (tertiary/aromatic N) is 1. The average Bonchev–Trinajstić information content (AvgIpc) is 2.78. The third-order valence-corrected chi connectivity index (χ3v) is 6.26. The molecule has 0 bridgehead atoms. The molecule has 1 saturated heterocycles. The van der Waals surface area contributed by atoms with Gasteiger partial charge >= 0.3 is 0 Å². The Labute approximate surface area is 189 Å². The Bertz CT molecular complexity index is 1220. The van der Waals surface area contributed by atoms with Gasteiger partial charge in [-0.3, -0.25) is 19.7 Å². The number of amides is 2. The molecule has 2 aromatic carbocycles. The summed E-state index contributed by atoms with van der Waals surface area (Å²) in [5.41, 5.74) is 7.67. The van der Waals surface area contributed by atoms with E-state index >= 15 is 0 Å². The number of hydrogen-bond acceptors (Lipinski definition) is 7. The molecule has 0 aliphatic carbocycles. The number of anilines is 3. The van der Waals surface area contributed by atoms with Crippen molar-refractivity contribution in [2.45, 2.75) is 18.8 Å². The first-order chi connectivity index (χ1) is 15.6. The normalized spacial score (nSPS) is 20.3. The van der Waals surface area contributed by atoms with E-state index in [0.717, 1.165) is 0 Å². The zero-order chi connectivity index (χ0) is 23.8. The highest BCUT2D eigenvalue weighted by Gasteiger charge is 2.39. The molecule has 1 fully saturated rings. The number of morpholine rings is 1. The minimum atomic E-state index is -3.67. The van der Waals surface area contributed by atoms with Crippen molar-refractivity contribution >= 4 is 44.9 Å². The molecule has 13 heteroatoms. The molecule has 1 unspecified atom stereocenters. The first kappa shape index (κ1) is 22.7. The predicted octanol–water partition coefficient (Wildman–Crippen LogP) is -0.538. The smallest absolute Gasteiger partial charge is 0.299 e. The van der Waals surface area contributed by atoms with E-state index in [4.69, 9.17) is 15.9 Å². The summed E-state index contributed by atoms with van der Waals surface area (Å²) in [6.07, 6.45) is -3.22. The van der Waals surface area contributed by atoms with Gasteiger partial charge in [-0.1, -0.05) is 6.07 Å². The molecule has 12 nitrogen and oxygen atoms in total. The number of carbonyl (C=O) groups excluding carboxylic acids is 2. The van der Waals surface area contributed by atoms with Crippen molar-refractivity contribution in [2.24, 2.45) is 5.73 Å². The van der Waals surface area contributed by atoms with Gasteiger partial charge in [-0.2, -0.15) is 13.1 Å². The maximum atomic E-state index is 13.0. The second kappa shape index (κ2) is 8.78. The lowest BCUT2D eigenvalue weighted by Crippen LogP contribution is -2.55. The SMILES string of the molecule is N=C(N)c1ccc(NC(=O)[C@H](O)C2OCCN(c3ccc4c(c3)NS(=O)(=O)NC4)C2=O)cc1. The van der Waals surface area contributed by atoms with Crippen LogP contribution in [0.15, 0.2) is 42.5 Å². The number of benzene rings is 2. The van der Waals surface area contributed by atoms with Crippen molar-refractivity contribution in [1.82, 2.24) is 4.72 Å². The largest absolute Gasteiger partial charge is 0.384 e. The summed E-state index contributed by atoms with van der Waals surface area (Å²) in [5.74, 6) is -1.59. The molecule has 33 heavy (non-hydrogen) atoms. The summed E-state index contributed by atoms with van der Waals surface area (Å²) in [6, 6.07) is 11.0. The van der Waals surface area contributed by atoms with Crippen LogP contribution < -0.4 is 25.4 Å². The monoisotopic (exact) mass is 474 g/mol. The van der Waals surface area contributed by atoms with Crippen molar-refractivity contribution in [1.29, 1.82) is 5.41 Å². The maximum absolute atomic E-state index is 13.0. The van der Waals surface area contributed by atoms with Gasteiger partial charge in [0.05, 0.1) is 12.3 Å². The van der Waals surface area contributed by atoms with Gasteiger partial charge in [0.25, 0.3) is 22.0 Å². The molecule has 7 N–H and O–H groups in total. The summed E-state index contributed by atoms with van der Waals surface area (Å²) in [7, 11) is -3.67. The Morgan fingerprint density at radius 3 is 2.70 bits per heavy atom. The Hall–Kier alpha value is -3.52. The topological polar surface area (TPSA) is 187 Å². The quantitative estimate of drug-likeness (QED) is 0.248. The van der Waals surface area contributed by atoms with Crippen LogP contribution in [0.5, 0.6) is 0 Å². The van der Waals surface area contributed by atoms with E-state index < -0.39 is 34.2 Å². The van der Waals surface area contributed by atoms with Gasteiger partial charge in [0.2, 0.25) is 0 Å². The zero-order valence-corrected chi connectivity index (χ0v) is 18.1. The Kier molecular flexibility index (Phi) is 6.03. The number of fused-ring (bicyclic) bond motifs is 1. The molecule has 2 amide bonds. The molecule has 2 aromatic rings. The molecular weight excluding hydrogens is 452 g/mol. The summed E-state index contributed by atoms with van der Waals surface area (Å²) < 4.78 is 33.7. The molecule has 0 radical (unpaired) electrons. The first-order valence-electron chi connectivity index (χ1n) is 9.91. The fraction of sp³-hybridized carbons (Fsp3) is 0.250. The van der Waals surface area contributed by atoms with Crippen molar-refractivity contribution in [3.05, 3.63) is 53.6 Å². The summed E-state index contributed by atoms with van der Waals surface area (Å²) >= 11 is 0. The number of aliphatic hydroxyl groups excluding tert-OH is 1.